The Labute approximate surface area is 163 Å². The van der Waals surface area contributed by atoms with E-state index in [9.17, 15) is 4.79 Å². The lowest BCUT2D eigenvalue weighted by molar-refractivity contribution is 0.0697. The van der Waals surface area contributed by atoms with Crippen molar-refractivity contribution in [2.45, 2.75) is 12.5 Å². The fourth-order valence-electron chi connectivity index (χ4n) is 3.40. The van der Waals surface area contributed by atoms with Gasteiger partial charge in [0.15, 0.2) is 0 Å². The number of carboxylic acids is 1. The first-order valence-corrected chi connectivity index (χ1v) is 9.05. The van der Waals surface area contributed by atoms with Gasteiger partial charge in [-0.1, -0.05) is 42.5 Å². The minimum Gasteiger partial charge on any atom is -0.497 e. The number of anilines is 1. The van der Waals surface area contributed by atoms with Gasteiger partial charge < -0.3 is 9.84 Å². The number of ether oxygens (including phenoxy) is 1. The molecule has 1 heterocycles. The highest BCUT2D eigenvalue weighted by molar-refractivity contribution is 6.03. The number of aromatic carboxylic acids is 1. The first-order valence-electron chi connectivity index (χ1n) is 9.05. The van der Waals surface area contributed by atoms with E-state index in [-0.39, 0.29) is 11.6 Å². The van der Waals surface area contributed by atoms with E-state index in [0.29, 0.717) is 0 Å². The van der Waals surface area contributed by atoms with Crippen molar-refractivity contribution < 1.29 is 14.6 Å². The molecule has 1 N–H and O–H groups in total. The van der Waals surface area contributed by atoms with Crippen molar-refractivity contribution in [3.8, 4) is 5.75 Å². The Bertz CT molecular complexity index is 996. The van der Waals surface area contributed by atoms with Gasteiger partial charge >= 0.3 is 5.97 Å². The SMILES string of the molecule is COc1ccc([C@H]2CC(c3ccccc3)=NN2c2ccc(C(=O)O)cc2)cc1. The normalized spacial score (nSPS) is 16.0. The number of carboxylic acid groups (broad SMARTS) is 1. The first kappa shape index (κ1) is 17.8. The summed E-state index contributed by atoms with van der Waals surface area (Å²) in [6, 6.07) is 24.9. The molecule has 0 bridgehead atoms. The fraction of sp³-hybridized carbons (Fsp3) is 0.130. The quantitative estimate of drug-likeness (QED) is 0.702. The molecule has 1 aliphatic rings. The van der Waals surface area contributed by atoms with E-state index in [1.54, 1.807) is 31.4 Å². The molecule has 0 saturated carbocycles. The van der Waals surface area contributed by atoms with Crippen LogP contribution < -0.4 is 9.75 Å². The zero-order valence-corrected chi connectivity index (χ0v) is 15.4. The van der Waals surface area contributed by atoms with Gasteiger partial charge in [-0.05, 0) is 47.5 Å². The number of hydrogen-bond acceptors (Lipinski definition) is 4. The summed E-state index contributed by atoms with van der Waals surface area (Å²) in [5.74, 6) is -0.128. The topological polar surface area (TPSA) is 62.1 Å². The summed E-state index contributed by atoms with van der Waals surface area (Å²) in [6.45, 7) is 0. The van der Waals surface area contributed by atoms with Gasteiger partial charge in [-0.2, -0.15) is 5.10 Å². The summed E-state index contributed by atoms with van der Waals surface area (Å²) < 4.78 is 5.27. The van der Waals surface area contributed by atoms with Crippen LogP contribution in [0.5, 0.6) is 5.75 Å². The Kier molecular flexibility index (Phi) is 4.81. The smallest absolute Gasteiger partial charge is 0.335 e. The van der Waals surface area contributed by atoms with Crippen molar-refractivity contribution >= 4 is 17.4 Å². The molecule has 0 radical (unpaired) electrons. The number of carbonyl (C=O) groups is 1. The van der Waals surface area contributed by atoms with Crippen LogP contribution in [-0.2, 0) is 0 Å². The molecule has 5 heteroatoms. The lowest BCUT2D eigenvalue weighted by Crippen LogP contribution is -2.18. The van der Waals surface area contributed by atoms with E-state index >= 15 is 0 Å². The molecule has 5 nitrogen and oxygen atoms in total. The summed E-state index contributed by atoms with van der Waals surface area (Å²) in [5, 5.41) is 16.0. The van der Waals surface area contributed by atoms with Gasteiger partial charge in [0.1, 0.15) is 5.75 Å². The summed E-state index contributed by atoms with van der Waals surface area (Å²) >= 11 is 0. The molecule has 0 unspecified atom stereocenters. The lowest BCUT2D eigenvalue weighted by Gasteiger charge is -2.24. The molecule has 4 rings (SSSR count). The van der Waals surface area contributed by atoms with Crippen LogP contribution >= 0.6 is 0 Å². The van der Waals surface area contributed by atoms with Crippen LogP contribution in [-0.4, -0.2) is 23.9 Å². The summed E-state index contributed by atoms with van der Waals surface area (Å²) in [7, 11) is 1.65. The molecule has 3 aromatic rings. The van der Waals surface area contributed by atoms with Gasteiger partial charge in [0.05, 0.1) is 30.1 Å². The first-order chi connectivity index (χ1) is 13.7. The zero-order chi connectivity index (χ0) is 19.5. The average molecular weight is 372 g/mol. The van der Waals surface area contributed by atoms with Crippen LogP contribution in [0.1, 0.15) is 33.9 Å². The molecule has 28 heavy (non-hydrogen) atoms. The third-order valence-corrected chi connectivity index (χ3v) is 4.90. The number of hydrazone groups is 1. The van der Waals surface area contributed by atoms with Crippen LogP contribution in [0.4, 0.5) is 5.69 Å². The van der Waals surface area contributed by atoms with Crippen LogP contribution in [0.2, 0.25) is 0 Å². The maximum atomic E-state index is 11.2. The van der Waals surface area contributed by atoms with Gasteiger partial charge in [-0.3, -0.25) is 5.01 Å². The Balaban J connectivity index is 1.72. The van der Waals surface area contributed by atoms with Crippen molar-refractivity contribution in [3.05, 3.63) is 95.6 Å². The van der Waals surface area contributed by atoms with Crippen molar-refractivity contribution in [2.24, 2.45) is 5.10 Å². The van der Waals surface area contributed by atoms with Crippen molar-refractivity contribution in [3.63, 3.8) is 0 Å². The van der Waals surface area contributed by atoms with Gasteiger partial charge in [-0.25, -0.2) is 4.79 Å². The second kappa shape index (κ2) is 7.56. The minimum atomic E-state index is -0.937. The van der Waals surface area contributed by atoms with E-state index in [1.165, 1.54) is 0 Å². The molecule has 1 aliphatic heterocycles. The minimum absolute atomic E-state index is 0.0248. The highest BCUT2D eigenvalue weighted by Crippen LogP contribution is 2.37. The number of rotatable bonds is 5. The van der Waals surface area contributed by atoms with Gasteiger partial charge in [0.2, 0.25) is 0 Å². The molecule has 0 fully saturated rings. The molecule has 140 valence electrons. The third kappa shape index (κ3) is 3.47. The fourth-order valence-corrected chi connectivity index (χ4v) is 3.40. The maximum absolute atomic E-state index is 11.2. The number of methoxy groups -OCH3 is 1. The Morgan fingerprint density at radius 2 is 1.68 bits per heavy atom. The number of benzene rings is 3. The standard InChI is InChI=1S/C23H20N2O3/c1-28-20-13-9-17(10-14-20)22-15-21(16-5-3-2-4-6-16)24-25(22)19-11-7-18(8-12-19)23(26)27/h2-14,22H,15H2,1H3,(H,26,27)/t22-/m1/s1. The third-order valence-electron chi connectivity index (χ3n) is 4.90. The predicted octanol–water partition coefficient (Wildman–Crippen LogP) is 4.75. The molecule has 0 aromatic heterocycles. The van der Waals surface area contributed by atoms with Gasteiger partial charge in [0, 0.05) is 6.42 Å². The molecule has 3 aromatic carbocycles. The summed E-state index contributed by atoms with van der Waals surface area (Å²) in [6.07, 6.45) is 0.761. The Morgan fingerprint density at radius 3 is 2.29 bits per heavy atom. The molecule has 1 atom stereocenters. The second-order valence-electron chi connectivity index (χ2n) is 6.60. The van der Waals surface area contributed by atoms with Crippen molar-refractivity contribution in [2.75, 3.05) is 12.1 Å². The molecule has 0 amide bonds. The van der Waals surface area contributed by atoms with Gasteiger partial charge in [0.25, 0.3) is 0 Å². The van der Waals surface area contributed by atoms with E-state index in [4.69, 9.17) is 14.9 Å². The van der Waals surface area contributed by atoms with Crippen LogP contribution in [0.25, 0.3) is 0 Å². The van der Waals surface area contributed by atoms with E-state index < -0.39 is 5.97 Å². The van der Waals surface area contributed by atoms with E-state index in [2.05, 4.69) is 12.1 Å². The second-order valence-corrected chi connectivity index (χ2v) is 6.60. The highest BCUT2D eigenvalue weighted by atomic mass is 16.5. The maximum Gasteiger partial charge on any atom is 0.335 e. The van der Waals surface area contributed by atoms with Crippen molar-refractivity contribution in [1.29, 1.82) is 0 Å². The summed E-state index contributed by atoms with van der Waals surface area (Å²) in [5.41, 5.74) is 4.33. The number of nitrogens with zero attached hydrogens (tertiary/aromatic N) is 2. The number of hydrogen-bond donors (Lipinski definition) is 1. The molecule has 0 aliphatic carbocycles. The monoisotopic (exact) mass is 372 g/mol. The summed E-state index contributed by atoms with van der Waals surface area (Å²) in [4.78, 5) is 11.2. The Hall–Kier alpha value is -3.60. The van der Waals surface area contributed by atoms with Crippen LogP contribution in [0, 0.1) is 0 Å². The molecular formula is C23H20N2O3. The molecular weight excluding hydrogens is 352 g/mol. The van der Waals surface area contributed by atoms with Crippen molar-refractivity contribution in [1.82, 2.24) is 0 Å². The lowest BCUT2D eigenvalue weighted by atomic mass is 9.98. The molecule has 0 saturated heterocycles. The average Bonchev–Trinajstić information content (AvgIpc) is 3.20. The molecule has 0 spiro atoms. The Morgan fingerprint density at radius 1 is 1.00 bits per heavy atom. The van der Waals surface area contributed by atoms with Crippen LogP contribution in [0.3, 0.4) is 0 Å². The predicted molar refractivity (Wildman–Crippen MR) is 109 cm³/mol. The van der Waals surface area contributed by atoms with E-state index in [0.717, 1.165) is 34.7 Å². The largest absolute Gasteiger partial charge is 0.497 e. The van der Waals surface area contributed by atoms with Crippen LogP contribution in [0.15, 0.2) is 84.0 Å². The highest BCUT2D eigenvalue weighted by Gasteiger charge is 2.30. The van der Waals surface area contributed by atoms with E-state index in [1.807, 2.05) is 47.5 Å². The zero-order valence-electron chi connectivity index (χ0n) is 15.4. The van der Waals surface area contributed by atoms with Gasteiger partial charge in [-0.15, -0.1) is 0 Å².